The number of benzene rings is 2. The molecular formula is C20H19BrClN3. The maximum Gasteiger partial charge on any atom is 0.0594 e. The standard InChI is InChI=1S/C20H19BrClN3/c1-14-11-17(13-24-23-12-16-5-3-4-6-20(16)22)15(2)25(14)19-9-7-18(21)8-10-19/h3-11,13,23H,12H2,1-2H3/b24-13-. The van der Waals surface area contributed by atoms with E-state index in [4.69, 9.17) is 11.6 Å². The molecular weight excluding hydrogens is 398 g/mol. The molecule has 25 heavy (non-hydrogen) atoms. The van der Waals surface area contributed by atoms with Crippen LogP contribution < -0.4 is 5.43 Å². The molecule has 1 N–H and O–H groups in total. The van der Waals surface area contributed by atoms with Crippen molar-refractivity contribution in [3.63, 3.8) is 0 Å². The molecule has 0 aliphatic heterocycles. The van der Waals surface area contributed by atoms with Crippen LogP contribution in [0.15, 0.2) is 64.2 Å². The van der Waals surface area contributed by atoms with E-state index < -0.39 is 0 Å². The van der Waals surface area contributed by atoms with Crippen molar-refractivity contribution >= 4 is 33.7 Å². The van der Waals surface area contributed by atoms with Gasteiger partial charge in [0, 0.05) is 32.1 Å². The van der Waals surface area contributed by atoms with Gasteiger partial charge in [0.1, 0.15) is 0 Å². The van der Waals surface area contributed by atoms with E-state index in [9.17, 15) is 0 Å². The normalized spacial score (nSPS) is 11.2. The highest BCUT2D eigenvalue weighted by molar-refractivity contribution is 9.10. The maximum absolute atomic E-state index is 6.15. The summed E-state index contributed by atoms with van der Waals surface area (Å²) in [6.07, 6.45) is 1.86. The zero-order valence-electron chi connectivity index (χ0n) is 14.1. The summed E-state index contributed by atoms with van der Waals surface area (Å²) in [4.78, 5) is 0. The van der Waals surface area contributed by atoms with Gasteiger partial charge in [0.25, 0.3) is 0 Å². The monoisotopic (exact) mass is 415 g/mol. The van der Waals surface area contributed by atoms with Gasteiger partial charge >= 0.3 is 0 Å². The summed E-state index contributed by atoms with van der Waals surface area (Å²) in [6, 6.07) is 18.2. The van der Waals surface area contributed by atoms with E-state index in [2.05, 4.69) is 63.1 Å². The molecule has 0 spiro atoms. The van der Waals surface area contributed by atoms with Crippen molar-refractivity contribution in [3.8, 4) is 5.69 Å². The number of aryl methyl sites for hydroxylation is 1. The van der Waals surface area contributed by atoms with Gasteiger partial charge in [-0.3, -0.25) is 0 Å². The quantitative estimate of drug-likeness (QED) is 0.423. The minimum atomic E-state index is 0.599. The van der Waals surface area contributed by atoms with Crippen LogP contribution in [0.1, 0.15) is 22.5 Å². The first-order chi connectivity index (χ1) is 12.1. The lowest BCUT2D eigenvalue weighted by Gasteiger charge is -2.09. The maximum atomic E-state index is 6.15. The third-order valence-electron chi connectivity index (χ3n) is 4.08. The molecule has 0 fully saturated rings. The van der Waals surface area contributed by atoms with Gasteiger partial charge < -0.3 is 9.99 Å². The second-order valence-corrected chi connectivity index (χ2v) is 7.15. The average molecular weight is 417 g/mol. The molecule has 1 aromatic heterocycles. The van der Waals surface area contributed by atoms with Crippen LogP contribution in [0.5, 0.6) is 0 Å². The van der Waals surface area contributed by atoms with E-state index in [1.54, 1.807) is 0 Å². The molecule has 0 aliphatic rings. The lowest BCUT2D eigenvalue weighted by atomic mass is 10.2. The highest BCUT2D eigenvalue weighted by Crippen LogP contribution is 2.21. The number of halogens is 2. The van der Waals surface area contributed by atoms with E-state index in [0.29, 0.717) is 6.54 Å². The Bertz CT molecular complexity index is 898. The summed E-state index contributed by atoms with van der Waals surface area (Å²) >= 11 is 9.63. The molecule has 0 radical (unpaired) electrons. The first-order valence-corrected chi connectivity index (χ1v) is 9.17. The molecule has 0 saturated carbocycles. The lowest BCUT2D eigenvalue weighted by molar-refractivity contribution is 0.748. The van der Waals surface area contributed by atoms with Gasteiger partial charge in [-0.2, -0.15) is 5.10 Å². The number of hydrazone groups is 1. The topological polar surface area (TPSA) is 29.3 Å². The van der Waals surface area contributed by atoms with Crippen LogP contribution >= 0.6 is 27.5 Å². The minimum absolute atomic E-state index is 0.599. The van der Waals surface area contributed by atoms with Crippen molar-refractivity contribution in [1.82, 2.24) is 9.99 Å². The van der Waals surface area contributed by atoms with Crippen molar-refractivity contribution < 1.29 is 0 Å². The third-order valence-corrected chi connectivity index (χ3v) is 4.97. The predicted molar refractivity (Wildman–Crippen MR) is 109 cm³/mol. The molecule has 5 heteroatoms. The first kappa shape index (κ1) is 17.8. The van der Waals surface area contributed by atoms with E-state index in [1.165, 1.54) is 5.69 Å². The van der Waals surface area contributed by atoms with Crippen molar-refractivity contribution in [3.05, 3.63) is 86.6 Å². The zero-order chi connectivity index (χ0) is 17.8. The van der Waals surface area contributed by atoms with Crippen LogP contribution in [0.4, 0.5) is 0 Å². The molecule has 3 aromatic rings. The molecule has 0 saturated heterocycles. The van der Waals surface area contributed by atoms with Crippen LogP contribution in [0, 0.1) is 13.8 Å². The molecule has 1 heterocycles. The fraction of sp³-hybridized carbons (Fsp3) is 0.150. The zero-order valence-corrected chi connectivity index (χ0v) is 16.5. The number of nitrogens with zero attached hydrogens (tertiary/aromatic N) is 2. The lowest BCUT2D eigenvalue weighted by Crippen LogP contribution is -2.06. The van der Waals surface area contributed by atoms with Gasteiger partial charge in [-0.05, 0) is 55.8 Å². The van der Waals surface area contributed by atoms with Crippen LogP contribution in [0.25, 0.3) is 5.69 Å². The van der Waals surface area contributed by atoms with Crippen molar-refractivity contribution in [2.45, 2.75) is 20.4 Å². The Morgan fingerprint density at radius 1 is 1.12 bits per heavy atom. The highest BCUT2D eigenvalue weighted by Gasteiger charge is 2.09. The van der Waals surface area contributed by atoms with E-state index in [0.717, 1.165) is 32.0 Å². The summed E-state index contributed by atoms with van der Waals surface area (Å²) < 4.78 is 3.30. The van der Waals surface area contributed by atoms with Crippen LogP contribution in [-0.4, -0.2) is 10.8 Å². The van der Waals surface area contributed by atoms with Gasteiger partial charge in [-0.25, -0.2) is 0 Å². The number of hydrogen-bond donors (Lipinski definition) is 1. The molecule has 3 nitrogen and oxygen atoms in total. The molecule has 0 atom stereocenters. The van der Waals surface area contributed by atoms with Gasteiger partial charge in [0.05, 0.1) is 12.8 Å². The molecule has 2 aromatic carbocycles. The Morgan fingerprint density at radius 2 is 1.84 bits per heavy atom. The van der Waals surface area contributed by atoms with Crippen molar-refractivity contribution in [1.29, 1.82) is 0 Å². The molecule has 3 rings (SSSR count). The highest BCUT2D eigenvalue weighted by atomic mass is 79.9. The van der Waals surface area contributed by atoms with E-state index >= 15 is 0 Å². The van der Waals surface area contributed by atoms with Crippen LogP contribution in [0.2, 0.25) is 5.02 Å². The molecule has 0 amide bonds. The number of nitrogens with one attached hydrogen (secondary N) is 1. The Labute approximate surface area is 161 Å². The summed E-state index contributed by atoms with van der Waals surface area (Å²) in [7, 11) is 0. The molecule has 0 unspecified atom stereocenters. The first-order valence-electron chi connectivity index (χ1n) is 8.00. The smallest absolute Gasteiger partial charge is 0.0594 e. The Balaban J connectivity index is 1.74. The summed E-state index contributed by atoms with van der Waals surface area (Å²) in [5, 5.41) is 5.10. The second-order valence-electron chi connectivity index (χ2n) is 5.82. The second kappa shape index (κ2) is 7.89. The largest absolute Gasteiger partial charge is 0.318 e. The fourth-order valence-electron chi connectivity index (χ4n) is 2.79. The summed E-state index contributed by atoms with van der Waals surface area (Å²) in [6.45, 7) is 4.80. The van der Waals surface area contributed by atoms with Crippen LogP contribution in [0.3, 0.4) is 0 Å². The molecule has 0 aliphatic carbocycles. The Morgan fingerprint density at radius 3 is 2.56 bits per heavy atom. The van der Waals surface area contributed by atoms with E-state index in [-0.39, 0.29) is 0 Å². The van der Waals surface area contributed by atoms with Gasteiger partial charge in [0.15, 0.2) is 0 Å². The number of hydrogen-bond acceptors (Lipinski definition) is 2. The molecule has 128 valence electrons. The number of rotatable bonds is 5. The SMILES string of the molecule is Cc1cc(/C=N\NCc2ccccc2Cl)c(C)n1-c1ccc(Br)cc1. The predicted octanol–water partition coefficient (Wildman–Crippen LogP) is 5.63. The third kappa shape index (κ3) is 4.14. The van der Waals surface area contributed by atoms with E-state index in [1.807, 2.05) is 42.6 Å². The summed E-state index contributed by atoms with van der Waals surface area (Å²) in [5.41, 5.74) is 8.65. The Kier molecular flexibility index (Phi) is 5.61. The number of aromatic nitrogens is 1. The fourth-order valence-corrected chi connectivity index (χ4v) is 3.26. The van der Waals surface area contributed by atoms with Crippen molar-refractivity contribution in [2.24, 2.45) is 5.10 Å². The molecule has 0 bridgehead atoms. The van der Waals surface area contributed by atoms with Gasteiger partial charge in [-0.15, -0.1) is 0 Å². The van der Waals surface area contributed by atoms with Gasteiger partial charge in [-0.1, -0.05) is 45.7 Å². The average Bonchev–Trinajstić information content (AvgIpc) is 2.88. The van der Waals surface area contributed by atoms with Crippen LogP contribution in [-0.2, 0) is 6.54 Å². The minimum Gasteiger partial charge on any atom is -0.318 e. The van der Waals surface area contributed by atoms with Gasteiger partial charge in [0.2, 0.25) is 0 Å². The summed E-state index contributed by atoms with van der Waals surface area (Å²) in [5.74, 6) is 0. The Hall–Kier alpha value is -2.04. The van der Waals surface area contributed by atoms with Crippen molar-refractivity contribution in [2.75, 3.05) is 0 Å².